The Hall–Kier alpha value is -1.70. The van der Waals surface area contributed by atoms with Gasteiger partial charge in [-0.2, -0.15) is 0 Å². The third kappa shape index (κ3) is 2.69. The van der Waals surface area contributed by atoms with Gasteiger partial charge in [-0.05, 0) is 12.5 Å². The average molecular weight is 348 g/mol. The number of thiocarbonyl (C=S) groups is 1. The van der Waals surface area contributed by atoms with Gasteiger partial charge in [-0.15, -0.1) is 0 Å². The van der Waals surface area contributed by atoms with E-state index in [1.165, 1.54) is 11.8 Å². The van der Waals surface area contributed by atoms with Crippen LogP contribution in [0.1, 0.15) is 12.0 Å². The van der Waals surface area contributed by atoms with Crippen molar-refractivity contribution in [3.8, 4) is 0 Å². The second-order valence-corrected chi connectivity index (χ2v) is 6.90. The summed E-state index contributed by atoms with van der Waals surface area (Å²) in [6.07, 6.45) is 0.704. The third-order valence-corrected chi connectivity index (χ3v) is 5.31. The molecule has 7 heteroatoms. The van der Waals surface area contributed by atoms with E-state index < -0.39 is 0 Å². The van der Waals surface area contributed by atoms with Crippen molar-refractivity contribution in [1.82, 2.24) is 4.90 Å². The summed E-state index contributed by atoms with van der Waals surface area (Å²) < 4.78 is 5.51. The van der Waals surface area contributed by atoms with E-state index in [1.54, 1.807) is 24.0 Å². The molecule has 1 saturated heterocycles. The first-order chi connectivity index (χ1) is 11.1. The van der Waals surface area contributed by atoms with Crippen LogP contribution < -0.4 is 4.90 Å². The number of benzene rings is 1. The molecule has 3 rings (SSSR count). The number of thioether (sulfide) groups is 1. The van der Waals surface area contributed by atoms with E-state index in [-0.39, 0.29) is 11.8 Å². The van der Waals surface area contributed by atoms with Crippen molar-refractivity contribution in [2.24, 2.45) is 0 Å². The molecule has 5 nitrogen and oxygen atoms in total. The molecule has 0 atom stereocenters. The van der Waals surface area contributed by atoms with Gasteiger partial charge in [-0.25, -0.2) is 0 Å². The summed E-state index contributed by atoms with van der Waals surface area (Å²) in [5, 5.41) is 0. The summed E-state index contributed by atoms with van der Waals surface area (Å²) in [6, 6.07) is 7.48. The summed E-state index contributed by atoms with van der Waals surface area (Å²) in [6.45, 7) is 1.06. The van der Waals surface area contributed by atoms with E-state index in [1.807, 2.05) is 24.3 Å². The minimum Gasteiger partial charge on any atom is -0.385 e. The summed E-state index contributed by atoms with van der Waals surface area (Å²) in [5.74, 6) is -0.354. The van der Waals surface area contributed by atoms with Crippen molar-refractivity contribution in [3.63, 3.8) is 0 Å². The summed E-state index contributed by atoms with van der Waals surface area (Å²) in [7, 11) is 3.34. The van der Waals surface area contributed by atoms with E-state index >= 15 is 0 Å². The first-order valence-corrected chi connectivity index (χ1v) is 8.43. The van der Waals surface area contributed by atoms with Crippen LogP contribution >= 0.6 is 24.0 Å². The highest BCUT2D eigenvalue weighted by Crippen LogP contribution is 2.43. The van der Waals surface area contributed by atoms with Crippen molar-refractivity contribution in [1.29, 1.82) is 0 Å². The van der Waals surface area contributed by atoms with Crippen molar-refractivity contribution < 1.29 is 14.3 Å². The predicted molar refractivity (Wildman–Crippen MR) is 95.2 cm³/mol. The quantitative estimate of drug-likeness (QED) is 0.475. The van der Waals surface area contributed by atoms with Crippen LogP contribution in [0.3, 0.4) is 0 Å². The largest absolute Gasteiger partial charge is 0.385 e. The van der Waals surface area contributed by atoms with E-state index in [0.717, 1.165) is 11.3 Å². The van der Waals surface area contributed by atoms with Crippen LogP contribution in [0.5, 0.6) is 0 Å². The second-order valence-electron chi connectivity index (χ2n) is 5.26. The number of methoxy groups -OCH3 is 1. The SMILES string of the molecule is COCCCN1C(=O)/C(=C2\C(=O)N(C)c3ccccc32)SC1=S. The molecule has 1 fully saturated rings. The minimum atomic E-state index is -0.190. The molecule has 23 heavy (non-hydrogen) atoms. The van der Waals surface area contributed by atoms with E-state index in [4.69, 9.17) is 17.0 Å². The zero-order chi connectivity index (χ0) is 16.6. The van der Waals surface area contributed by atoms with Gasteiger partial charge in [0.15, 0.2) is 0 Å². The maximum Gasteiger partial charge on any atom is 0.267 e. The molecule has 0 aromatic heterocycles. The molecule has 1 aromatic rings. The Morgan fingerprint density at radius 2 is 1.96 bits per heavy atom. The van der Waals surface area contributed by atoms with Gasteiger partial charge < -0.3 is 9.64 Å². The van der Waals surface area contributed by atoms with E-state index in [2.05, 4.69) is 0 Å². The smallest absolute Gasteiger partial charge is 0.267 e. The van der Waals surface area contributed by atoms with Gasteiger partial charge >= 0.3 is 0 Å². The number of para-hydroxylation sites is 1. The zero-order valence-electron chi connectivity index (χ0n) is 12.9. The number of amides is 2. The lowest BCUT2D eigenvalue weighted by Gasteiger charge is -2.13. The van der Waals surface area contributed by atoms with Crippen LogP contribution in [0.2, 0.25) is 0 Å². The van der Waals surface area contributed by atoms with E-state index in [9.17, 15) is 9.59 Å². The van der Waals surface area contributed by atoms with E-state index in [0.29, 0.717) is 34.4 Å². The fourth-order valence-corrected chi connectivity index (χ4v) is 4.08. The Morgan fingerprint density at radius 1 is 1.22 bits per heavy atom. The van der Waals surface area contributed by atoms with Crippen molar-refractivity contribution in [3.05, 3.63) is 34.7 Å². The fraction of sp³-hybridized carbons (Fsp3) is 0.312. The number of hydrogen-bond donors (Lipinski definition) is 0. The second kappa shape index (κ2) is 6.43. The lowest BCUT2D eigenvalue weighted by molar-refractivity contribution is -0.122. The molecule has 2 heterocycles. The molecule has 2 aliphatic rings. The highest BCUT2D eigenvalue weighted by atomic mass is 32.2. The number of rotatable bonds is 4. The Morgan fingerprint density at radius 3 is 2.70 bits per heavy atom. The summed E-state index contributed by atoms with van der Waals surface area (Å²) in [4.78, 5) is 28.8. The lowest BCUT2D eigenvalue weighted by Crippen LogP contribution is -2.30. The molecule has 2 aliphatic heterocycles. The number of anilines is 1. The van der Waals surface area contributed by atoms with Crippen LogP contribution in [-0.4, -0.2) is 48.3 Å². The highest BCUT2D eigenvalue weighted by molar-refractivity contribution is 8.26. The number of ether oxygens (including phenoxy) is 1. The number of nitrogens with zero attached hydrogens (tertiary/aromatic N) is 2. The topological polar surface area (TPSA) is 49.9 Å². The standard InChI is InChI=1S/C16H16N2O3S2/c1-17-11-7-4-3-6-10(11)12(14(17)19)13-15(20)18(16(22)23-13)8-5-9-21-2/h3-4,6-7H,5,8-9H2,1-2H3/b13-12+. The minimum absolute atomic E-state index is 0.163. The normalized spacial score (nSPS) is 20.7. The fourth-order valence-electron chi connectivity index (χ4n) is 2.70. The number of fused-ring (bicyclic) bond motifs is 1. The summed E-state index contributed by atoms with van der Waals surface area (Å²) >= 11 is 6.52. The molecule has 0 aliphatic carbocycles. The van der Waals surface area contributed by atoms with Crippen LogP contribution in [0.15, 0.2) is 29.2 Å². The Bertz CT molecular complexity index is 730. The number of carbonyl (C=O) groups is 2. The average Bonchev–Trinajstić information content (AvgIpc) is 2.96. The molecule has 0 unspecified atom stereocenters. The number of likely N-dealkylation sites (N-methyl/N-ethyl adjacent to an activating group) is 1. The van der Waals surface area contributed by atoms with Gasteiger partial charge in [-0.3, -0.25) is 14.5 Å². The molecular weight excluding hydrogens is 332 g/mol. The Kier molecular flexibility index (Phi) is 4.52. The van der Waals surface area contributed by atoms with Crippen molar-refractivity contribution >= 4 is 51.4 Å². The van der Waals surface area contributed by atoms with Crippen LogP contribution in [0, 0.1) is 0 Å². The molecular formula is C16H16N2O3S2. The van der Waals surface area contributed by atoms with Gasteiger partial charge in [0.1, 0.15) is 4.32 Å². The zero-order valence-corrected chi connectivity index (χ0v) is 14.5. The molecule has 2 amide bonds. The molecule has 0 spiro atoms. The molecule has 0 bridgehead atoms. The van der Waals surface area contributed by atoms with Crippen molar-refractivity contribution in [2.75, 3.05) is 32.2 Å². The Balaban J connectivity index is 1.98. The van der Waals surface area contributed by atoms with Crippen LogP contribution in [0.25, 0.3) is 5.57 Å². The Labute approximate surface area is 144 Å². The van der Waals surface area contributed by atoms with Gasteiger partial charge in [0.2, 0.25) is 0 Å². The maximum atomic E-state index is 12.7. The number of carbonyl (C=O) groups excluding carboxylic acids is 2. The van der Waals surface area contributed by atoms with Crippen molar-refractivity contribution in [2.45, 2.75) is 6.42 Å². The number of hydrogen-bond acceptors (Lipinski definition) is 5. The monoisotopic (exact) mass is 348 g/mol. The first-order valence-electron chi connectivity index (χ1n) is 7.20. The molecule has 0 saturated carbocycles. The molecule has 1 aromatic carbocycles. The predicted octanol–water partition coefficient (Wildman–Crippen LogP) is 2.27. The highest BCUT2D eigenvalue weighted by Gasteiger charge is 2.40. The van der Waals surface area contributed by atoms with Gasteiger partial charge in [0.25, 0.3) is 11.8 Å². The van der Waals surface area contributed by atoms with Crippen LogP contribution in [0.4, 0.5) is 5.69 Å². The van der Waals surface area contributed by atoms with Crippen LogP contribution in [-0.2, 0) is 14.3 Å². The van der Waals surface area contributed by atoms with Gasteiger partial charge in [-0.1, -0.05) is 42.2 Å². The first kappa shape index (κ1) is 16.2. The molecule has 0 N–H and O–H groups in total. The third-order valence-electron chi connectivity index (χ3n) is 3.86. The maximum absolute atomic E-state index is 12.7. The summed E-state index contributed by atoms with van der Waals surface area (Å²) in [5.41, 5.74) is 2.06. The lowest BCUT2D eigenvalue weighted by atomic mass is 10.1. The van der Waals surface area contributed by atoms with Gasteiger partial charge in [0, 0.05) is 32.9 Å². The van der Waals surface area contributed by atoms with Gasteiger partial charge in [0.05, 0.1) is 16.2 Å². The molecule has 0 radical (unpaired) electrons. The molecule has 120 valence electrons.